The molecule has 0 N–H and O–H groups in total. The van der Waals surface area contributed by atoms with Crippen molar-refractivity contribution in [1.82, 2.24) is 4.90 Å². The molecule has 24 heavy (non-hydrogen) atoms. The van der Waals surface area contributed by atoms with Gasteiger partial charge in [-0.25, -0.2) is 0 Å². The van der Waals surface area contributed by atoms with Gasteiger partial charge < -0.3 is 14.4 Å². The fourth-order valence-corrected chi connectivity index (χ4v) is 3.06. The van der Waals surface area contributed by atoms with Crippen LogP contribution in [-0.2, 0) is 24.3 Å². The molecule has 0 saturated heterocycles. The number of rotatable bonds is 5. The van der Waals surface area contributed by atoms with Crippen LogP contribution in [0.15, 0.2) is 42.5 Å². The molecule has 1 aliphatic heterocycles. The normalized spacial score (nSPS) is 13.5. The first kappa shape index (κ1) is 16.5. The number of hydrogen-bond donors (Lipinski definition) is 0. The number of ether oxygens (including phenoxy) is 2. The lowest BCUT2D eigenvalue weighted by Gasteiger charge is -2.29. The van der Waals surface area contributed by atoms with Crippen LogP contribution in [0.2, 0.25) is 0 Å². The third kappa shape index (κ3) is 3.60. The van der Waals surface area contributed by atoms with E-state index in [1.165, 1.54) is 11.1 Å². The number of hydrogen-bond acceptors (Lipinski definition) is 3. The van der Waals surface area contributed by atoms with Gasteiger partial charge in [0.25, 0.3) is 5.91 Å². The van der Waals surface area contributed by atoms with E-state index in [1.54, 1.807) is 7.11 Å². The Morgan fingerprint density at radius 3 is 2.62 bits per heavy atom. The molecule has 0 unspecified atom stereocenters. The van der Waals surface area contributed by atoms with E-state index < -0.39 is 0 Å². The Morgan fingerprint density at radius 1 is 1.12 bits per heavy atom. The van der Waals surface area contributed by atoms with Gasteiger partial charge in [0.1, 0.15) is 5.75 Å². The van der Waals surface area contributed by atoms with Crippen LogP contribution in [0.25, 0.3) is 0 Å². The van der Waals surface area contributed by atoms with Gasteiger partial charge in [0.15, 0.2) is 0 Å². The minimum absolute atomic E-state index is 0.0754. The summed E-state index contributed by atoms with van der Waals surface area (Å²) in [5.74, 6) is 0.945. The monoisotopic (exact) mass is 325 g/mol. The summed E-state index contributed by atoms with van der Waals surface area (Å²) in [5, 5.41) is 0. The number of methoxy groups -OCH3 is 1. The molecule has 4 nitrogen and oxygen atoms in total. The fraction of sp³-hybridized carbons (Fsp3) is 0.350. The average Bonchev–Trinajstić information content (AvgIpc) is 2.62. The van der Waals surface area contributed by atoms with E-state index in [0.717, 1.165) is 29.8 Å². The first-order chi connectivity index (χ1) is 11.7. The molecule has 0 radical (unpaired) electrons. The Kier molecular flexibility index (Phi) is 5.16. The molecule has 2 aromatic carbocycles. The topological polar surface area (TPSA) is 38.8 Å². The molecule has 0 aromatic heterocycles. The lowest BCUT2D eigenvalue weighted by Crippen LogP contribution is -2.35. The summed E-state index contributed by atoms with van der Waals surface area (Å²) in [6, 6.07) is 13.8. The van der Waals surface area contributed by atoms with Crippen molar-refractivity contribution >= 4 is 5.91 Å². The molecule has 1 heterocycles. The quantitative estimate of drug-likeness (QED) is 0.845. The number of fused-ring (bicyclic) bond motifs is 1. The first-order valence-electron chi connectivity index (χ1n) is 8.33. The molecule has 126 valence electrons. The summed E-state index contributed by atoms with van der Waals surface area (Å²) in [6.45, 7) is 4.57. The average molecular weight is 325 g/mol. The summed E-state index contributed by atoms with van der Waals surface area (Å²) in [6.07, 6.45) is 0.884. The number of benzene rings is 2. The van der Waals surface area contributed by atoms with Crippen molar-refractivity contribution in [2.75, 3.05) is 20.3 Å². The highest BCUT2D eigenvalue weighted by Crippen LogP contribution is 2.25. The summed E-state index contributed by atoms with van der Waals surface area (Å²) in [7, 11) is 1.67. The van der Waals surface area contributed by atoms with E-state index in [9.17, 15) is 4.79 Å². The fourth-order valence-electron chi connectivity index (χ4n) is 3.06. The third-order valence-corrected chi connectivity index (χ3v) is 4.30. The molecular weight excluding hydrogens is 302 g/mol. The Morgan fingerprint density at radius 2 is 1.92 bits per heavy atom. The van der Waals surface area contributed by atoms with Crippen LogP contribution in [0.4, 0.5) is 0 Å². The second-order valence-corrected chi connectivity index (χ2v) is 5.97. The van der Waals surface area contributed by atoms with E-state index in [0.29, 0.717) is 19.8 Å². The lowest BCUT2D eigenvalue weighted by atomic mass is 9.98. The summed E-state index contributed by atoms with van der Waals surface area (Å²) in [4.78, 5) is 14.7. The molecule has 0 spiro atoms. The van der Waals surface area contributed by atoms with Crippen molar-refractivity contribution in [2.24, 2.45) is 0 Å². The second kappa shape index (κ2) is 7.49. The Hall–Kier alpha value is -2.33. The molecule has 0 saturated carbocycles. The maximum atomic E-state index is 12.8. The summed E-state index contributed by atoms with van der Waals surface area (Å²) < 4.78 is 10.7. The predicted octanol–water partition coefficient (Wildman–Crippen LogP) is 3.43. The summed E-state index contributed by atoms with van der Waals surface area (Å²) >= 11 is 0. The minimum atomic E-state index is 0.0754. The largest absolute Gasteiger partial charge is 0.494 e. The van der Waals surface area contributed by atoms with Crippen LogP contribution in [0.3, 0.4) is 0 Å². The number of amides is 1. The van der Waals surface area contributed by atoms with Crippen LogP contribution in [0.1, 0.15) is 34.0 Å². The van der Waals surface area contributed by atoms with Crippen LogP contribution < -0.4 is 4.74 Å². The third-order valence-electron chi connectivity index (χ3n) is 4.30. The molecule has 0 bridgehead atoms. The van der Waals surface area contributed by atoms with Gasteiger partial charge in [0.05, 0.1) is 13.2 Å². The molecule has 0 atom stereocenters. The van der Waals surface area contributed by atoms with Gasteiger partial charge in [0, 0.05) is 25.8 Å². The van der Waals surface area contributed by atoms with E-state index in [2.05, 4.69) is 12.1 Å². The molecule has 1 amide bonds. The van der Waals surface area contributed by atoms with Crippen molar-refractivity contribution in [3.63, 3.8) is 0 Å². The molecule has 1 aliphatic rings. The SMILES string of the molecule is CCOc1ccc2c(c1)CN(C(=O)c1ccc(COC)cc1)CC2. The van der Waals surface area contributed by atoms with Gasteiger partial charge >= 0.3 is 0 Å². The van der Waals surface area contributed by atoms with E-state index in [-0.39, 0.29) is 5.91 Å². The summed E-state index contributed by atoms with van der Waals surface area (Å²) in [5.41, 5.74) is 4.27. The highest BCUT2D eigenvalue weighted by molar-refractivity contribution is 5.94. The number of carbonyl (C=O) groups is 1. The van der Waals surface area contributed by atoms with Crippen LogP contribution in [0, 0.1) is 0 Å². The number of nitrogens with zero attached hydrogens (tertiary/aromatic N) is 1. The Bertz CT molecular complexity index is 709. The van der Waals surface area contributed by atoms with E-state index in [4.69, 9.17) is 9.47 Å². The smallest absolute Gasteiger partial charge is 0.254 e. The standard InChI is InChI=1S/C20H23NO3/c1-3-24-19-9-8-16-10-11-21(13-18(16)12-19)20(22)17-6-4-15(5-7-17)14-23-2/h4-9,12H,3,10-11,13-14H2,1-2H3. The van der Waals surface area contributed by atoms with Gasteiger partial charge in [0.2, 0.25) is 0 Å². The Balaban J connectivity index is 1.74. The highest BCUT2D eigenvalue weighted by Gasteiger charge is 2.22. The second-order valence-electron chi connectivity index (χ2n) is 5.97. The molecule has 3 rings (SSSR count). The molecule has 0 aliphatic carbocycles. The predicted molar refractivity (Wildman–Crippen MR) is 93.2 cm³/mol. The van der Waals surface area contributed by atoms with Gasteiger partial charge in [-0.3, -0.25) is 4.79 Å². The number of carbonyl (C=O) groups excluding carboxylic acids is 1. The van der Waals surface area contributed by atoms with Crippen LogP contribution >= 0.6 is 0 Å². The minimum Gasteiger partial charge on any atom is -0.494 e. The van der Waals surface area contributed by atoms with Gasteiger partial charge in [-0.05, 0) is 54.3 Å². The van der Waals surface area contributed by atoms with Crippen molar-refractivity contribution in [1.29, 1.82) is 0 Å². The lowest BCUT2D eigenvalue weighted by molar-refractivity contribution is 0.0734. The molecule has 0 fully saturated rings. The Labute approximate surface area is 143 Å². The van der Waals surface area contributed by atoms with Gasteiger partial charge in [-0.2, -0.15) is 0 Å². The molecular formula is C20H23NO3. The highest BCUT2D eigenvalue weighted by atomic mass is 16.5. The van der Waals surface area contributed by atoms with Crippen molar-refractivity contribution in [2.45, 2.75) is 26.5 Å². The van der Waals surface area contributed by atoms with Gasteiger partial charge in [-0.1, -0.05) is 18.2 Å². The zero-order valence-corrected chi connectivity index (χ0v) is 14.2. The maximum absolute atomic E-state index is 12.8. The molecule has 4 heteroatoms. The van der Waals surface area contributed by atoms with Gasteiger partial charge in [-0.15, -0.1) is 0 Å². The zero-order chi connectivity index (χ0) is 16.9. The van der Waals surface area contributed by atoms with E-state index >= 15 is 0 Å². The van der Waals surface area contributed by atoms with Crippen molar-refractivity contribution in [3.05, 3.63) is 64.7 Å². The van der Waals surface area contributed by atoms with E-state index in [1.807, 2.05) is 42.2 Å². The van der Waals surface area contributed by atoms with Crippen molar-refractivity contribution in [3.8, 4) is 5.75 Å². The zero-order valence-electron chi connectivity index (χ0n) is 14.2. The van der Waals surface area contributed by atoms with Crippen molar-refractivity contribution < 1.29 is 14.3 Å². The van der Waals surface area contributed by atoms with Crippen LogP contribution in [0.5, 0.6) is 5.75 Å². The maximum Gasteiger partial charge on any atom is 0.254 e. The van der Waals surface area contributed by atoms with Crippen LogP contribution in [-0.4, -0.2) is 31.1 Å². The molecule has 2 aromatic rings. The first-order valence-corrected chi connectivity index (χ1v) is 8.33.